The summed E-state index contributed by atoms with van der Waals surface area (Å²) >= 11 is 6.13. The first-order valence-corrected chi connectivity index (χ1v) is 12.9. The Balaban J connectivity index is 1.03. The number of hydrogen-bond acceptors (Lipinski definition) is 4. The Labute approximate surface area is 207 Å². The highest BCUT2D eigenvalue weighted by Gasteiger charge is 2.20. The van der Waals surface area contributed by atoms with Crippen LogP contribution in [0.2, 0.25) is 5.02 Å². The lowest BCUT2D eigenvalue weighted by Gasteiger charge is -2.36. The maximum absolute atomic E-state index is 6.13. The molecule has 3 heterocycles. The number of rotatable bonds is 8. The van der Waals surface area contributed by atoms with Crippen LogP contribution >= 0.6 is 11.6 Å². The lowest BCUT2D eigenvalue weighted by Crippen LogP contribution is -2.46. The number of halogens is 1. The zero-order valence-electron chi connectivity index (χ0n) is 20.1. The van der Waals surface area contributed by atoms with Gasteiger partial charge in [0.05, 0.1) is 12.8 Å². The number of methoxy groups -OCH3 is 1. The first-order valence-electron chi connectivity index (χ1n) is 12.5. The topological polar surface area (TPSA) is 34.7 Å². The maximum atomic E-state index is 6.13. The fourth-order valence-corrected chi connectivity index (χ4v) is 5.47. The van der Waals surface area contributed by atoms with Gasteiger partial charge in [0, 0.05) is 67.0 Å². The van der Waals surface area contributed by atoms with Gasteiger partial charge in [0.1, 0.15) is 5.75 Å². The molecule has 2 aromatic carbocycles. The quantitative estimate of drug-likeness (QED) is 0.432. The number of nitrogens with one attached hydrogen (secondary N) is 1. The molecule has 0 saturated carbocycles. The van der Waals surface area contributed by atoms with E-state index in [1.807, 2.05) is 18.2 Å². The maximum Gasteiger partial charge on any atom is 0.142 e. The van der Waals surface area contributed by atoms with E-state index >= 15 is 0 Å². The number of unbranched alkanes of at least 4 members (excludes halogenated alkanes) is 1. The Morgan fingerprint density at radius 2 is 1.74 bits per heavy atom. The fraction of sp³-hybridized carbons (Fsp3) is 0.429. The number of hydrogen-bond donors (Lipinski definition) is 1. The van der Waals surface area contributed by atoms with Crippen LogP contribution in [0.1, 0.15) is 24.8 Å². The Hall–Kier alpha value is -2.47. The summed E-state index contributed by atoms with van der Waals surface area (Å²) in [5.41, 5.74) is 5.13. The number of fused-ring (bicyclic) bond motifs is 1. The van der Waals surface area contributed by atoms with E-state index in [-0.39, 0.29) is 0 Å². The van der Waals surface area contributed by atoms with Crippen LogP contribution in [0.5, 0.6) is 5.75 Å². The van der Waals surface area contributed by atoms with Gasteiger partial charge >= 0.3 is 0 Å². The second-order valence-corrected chi connectivity index (χ2v) is 9.82. The molecule has 0 atom stereocenters. The van der Waals surface area contributed by atoms with Crippen molar-refractivity contribution < 1.29 is 4.74 Å². The number of aromatic amines is 1. The Morgan fingerprint density at radius 1 is 0.941 bits per heavy atom. The summed E-state index contributed by atoms with van der Waals surface area (Å²) in [4.78, 5) is 11.0. The molecule has 34 heavy (non-hydrogen) atoms. The third-order valence-electron chi connectivity index (χ3n) is 7.28. The predicted molar refractivity (Wildman–Crippen MR) is 143 cm³/mol. The molecule has 0 amide bonds. The monoisotopic (exact) mass is 478 g/mol. The molecule has 1 aromatic heterocycles. The largest absolute Gasteiger partial charge is 0.495 e. The number of anilines is 1. The number of para-hydroxylation sites is 2. The minimum absolute atomic E-state index is 0.781. The Kier molecular flexibility index (Phi) is 7.43. The van der Waals surface area contributed by atoms with E-state index in [2.05, 4.69) is 56.2 Å². The lowest BCUT2D eigenvalue weighted by atomic mass is 9.99. The molecular formula is C28H35ClN4O. The van der Waals surface area contributed by atoms with Gasteiger partial charge in [0.2, 0.25) is 0 Å². The van der Waals surface area contributed by atoms with E-state index in [9.17, 15) is 0 Å². The van der Waals surface area contributed by atoms with Crippen molar-refractivity contribution >= 4 is 33.8 Å². The van der Waals surface area contributed by atoms with Gasteiger partial charge in [0.15, 0.2) is 0 Å². The molecule has 0 aliphatic carbocycles. The summed E-state index contributed by atoms with van der Waals surface area (Å²) in [5.74, 6) is 0.976. The van der Waals surface area contributed by atoms with E-state index in [4.69, 9.17) is 16.3 Å². The molecule has 0 radical (unpaired) electrons. The van der Waals surface area contributed by atoms with Crippen LogP contribution in [0.25, 0.3) is 16.5 Å². The van der Waals surface area contributed by atoms with Crippen molar-refractivity contribution in [1.29, 1.82) is 0 Å². The highest BCUT2D eigenvalue weighted by atomic mass is 35.5. The van der Waals surface area contributed by atoms with Gasteiger partial charge < -0.3 is 14.6 Å². The molecule has 1 saturated heterocycles. The lowest BCUT2D eigenvalue weighted by molar-refractivity contribution is 0.239. The summed E-state index contributed by atoms with van der Waals surface area (Å²) in [6.07, 6.45) is 8.20. The van der Waals surface area contributed by atoms with E-state index in [1.54, 1.807) is 7.11 Å². The van der Waals surface area contributed by atoms with Gasteiger partial charge in [-0.3, -0.25) is 9.80 Å². The van der Waals surface area contributed by atoms with Crippen molar-refractivity contribution in [3.05, 3.63) is 65.3 Å². The van der Waals surface area contributed by atoms with Crippen LogP contribution in [-0.4, -0.2) is 74.3 Å². The second kappa shape index (κ2) is 10.9. The van der Waals surface area contributed by atoms with Crippen molar-refractivity contribution in [2.24, 2.45) is 0 Å². The normalized spacial score (nSPS) is 17.8. The minimum atomic E-state index is 0.781. The Morgan fingerprint density at radius 3 is 2.50 bits per heavy atom. The van der Waals surface area contributed by atoms with Crippen LogP contribution in [0.15, 0.2) is 54.7 Å². The van der Waals surface area contributed by atoms with Gasteiger partial charge in [-0.2, -0.15) is 0 Å². The van der Waals surface area contributed by atoms with Crippen LogP contribution in [-0.2, 0) is 0 Å². The summed E-state index contributed by atoms with van der Waals surface area (Å²) in [5, 5.41) is 2.05. The van der Waals surface area contributed by atoms with Crippen molar-refractivity contribution in [3.8, 4) is 5.75 Å². The molecule has 1 N–H and O–H groups in total. The summed E-state index contributed by atoms with van der Waals surface area (Å²) in [6, 6.07) is 14.5. The summed E-state index contributed by atoms with van der Waals surface area (Å²) < 4.78 is 5.54. The van der Waals surface area contributed by atoms with E-state index < -0.39 is 0 Å². The molecule has 2 aliphatic rings. The highest BCUT2D eigenvalue weighted by molar-refractivity contribution is 6.31. The highest BCUT2D eigenvalue weighted by Crippen LogP contribution is 2.31. The second-order valence-electron chi connectivity index (χ2n) is 9.38. The first-order chi connectivity index (χ1) is 16.7. The van der Waals surface area contributed by atoms with Crippen molar-refractivity contribution in [2.45, 2.75) is 19.3 Å². The zero-order chi connectivity index (χ0) is 23.3. The van der Waals surface area contributed by atoms with Gasteiger partial charge in [-0.15, -0.1) is 0 Å². The molecule has 180 valence electrons. The zero-order valence-corrected chi connectivity index (χ0v) is 20.9. The van der Waals surface area contributed by atoms with Gasteiger partial charge in [0.25, 0.3) is 0 Å². The van der Waals surface area contributed by atoms with E-state index in [1.165, 1.54) is 48.1 Å². The third-order valence-corrected chi connectivity index (χ3v) is 7.51. The average Bonchev–Trinajstić information content (AvgIpc) is 3.30. The number of benzene rings is 2. The van der Waals surface area contributed by atoms with Crippen LogP contribution in [0.3, 0.4) is 0 Å². The number of piperazine rings is 1. The third kappa shape index (κ3) is 5.27. The molecular weight excluding hydrogens is 444 g/mol. The Bertz CT molecular complexity index is 1130. The first kappa shape index (κ1) is 23.3. The van der Waals surface area contributed by atoms with Gasteiger partial charge in [-0.25, -0.2) is 0 Å². The molecule has 6 heteroatoms. The predicted octanol–water partition coefficient (Wildman–Crippen LogP) is 5.52. The SMILES string of the molecule is COc1ccccc1N1CCN(CCCCN2CC=C(c3c[nH]c4cc(Cl)ccc34)CC2)CC1. The van der Waals surface area contributed by atoms with E-state index in [0.717, 1.165) is 62.0 Å². The van der Waals surface area contributed by atoms with Crippen molar-refractivity contribution in [3.63, 3.8) is 0 Å². The number of aromatic nitrogens is 1. The van der Waals surface area contributed by atoms with E-state index in [0.29, 0.717) is 0 Å². The fourth-order valence-electron chi connectivity index (χ4n) is 5.30. The minimum Gasteiger partial charge on any atom is -0.495 e. The van der Waals surface area contributed by atoms with Gasteiger partial charge in [-0.1, -0.05) is 35.9 Å². The molecule has 2 aliphatic heterocycles. The molecule has 5 nitrogen and oxygen atoms in total. The van der Waals surface area contributed by atoms with Crippen molar-refractivity contribution in [1.82, 2.24) is 14.8 Å². The summed E-state index contributed by atoms with van der Waals surface area (Å²) in [7, 11) is 1.76. The molecule has 0 unspecified atom stereocenters. The molecule has 0 spiro atoms. The van der Waals surface area contributed by atoms with Crippen molar-refractivity contribution in [2.75, 3.05) is 64.4 Å². The number of ether oxygens (including phenoxy) is 1. The smallest absolute Gasteiger partial charge is 0.142 e. The number of H-pyrrole nitrogens is 1. The van der Waals surface area contributed by atoms with Gasteiger partial charge in [-0.05, 0) is 62.2 Å². The molecule has 0 bridgehead atoms. The standard InChI is InChI=1S/C28H35ClN4O/c1-34-28-7-3-2-6-27(28)33-18-16-32(17-19-33)13-5-4-12-31-14-10-22(11-15-31)25-21-30-26-20-23(29)8-9-24(25)26/h2-3,6-10,20-21,30H,4-5,11-19H2,1H3. The molecule has 5 rings (SSSR count). The molecule has 3 aromatic rings. The molecule has 1 fully saturated rings. The van der Waals surface area contributed by atoms with Crippen LogP contribution in [0.4, 0.5) is 5.69 Å². The van der Waals surface area contributed by atoms with Crippen LogP contribution in [0, 0.1) is 0 Å². The average molecular weight is 479 g/mol. The summed E-state index contributed by atoms with van der Waals surface area (Å²) in [6.45, 7) is 8.98. The van der Waals surface area contributed by atoms with Crippen LogP contribution < -0.4 is 9.64 Å². The number of nitrogens with zero attached hydrogens (tertiary/aromatic N) is 3.